The molecule has 1 amide bonds. The molecule has 0 fully saturated rings. The molecular weight excluding hydrogens is 374 g/mol. The van der Waals surface area contributed by atoms with Crippen LogP contribution in [0.2, 0.25) is 0 Å². The Labute approximate surface area is 165 Å². The fourth-order valence-electron chi connectivity index (χ4n) is 2.78. The van der Waals surface area contributed by atoms with E-state index in [9.17, 15) is 9.59 Å². The van der Waals surface area contributed by atoms with Gasteiger partial charge in [-0.25, -0.2) is 4.98 Å². The van der Waals surface area contributed by atoms with E-state index in [-0.39, 0.29) is 17.5 Å². The smallest absolute Gasteiger partial charge is 0.283 e. The molecule has 7 nitrogen and oxygen atoms in total. The minimum absolute atomic E-state index is 0.112. The molecule has 0 aliphatic heterocycles. The highest BCUT2D eigenvalue weighted by Crippen LogP contribution is 2.23. The molecule has 0 aliphatic carbocycles. The summed E-state index contributed by atoms with van der Waals surface area (Å²) in [5, 5.41) is 11.5. The lowest BCUT2D eigenvalue weighted by molar-refractivity contribution is 0.0939. The zero-order valence-corrected chi connectivity index (χ0v) is 16.3. The van der Waals surface area contributed by atoms with Gasteiger partial charge in [-0.3, -0.25) is 9.59 Å². The maximum Gasteiger partial charge on any atom is 0.283 e. The van der Waals surface area contributed by atoms with Crippen LogP contribution in [0.1, 0.15) is 30.6 Å². The van der Waals surface area contributed by atoms with Gasteiger partial charge < -0.3 is 10.6 Å². The third kappa shape index (κ3) is 3.46. The molecule has 0 saturated carbocycles. The molecule has 0 unspecified atom stereocenters. The highest BCUT2D eigenvalue weighted by atomic mass is 32.1. The molecule has 0 spiro atoms. The highest BCUT2D eigenvalue weighted by Gasteiger charge is 2.12. The van der Waals surface area contributed by atoms with Crippen molar-refractivity contribution in [3.05, 3.63) is 64.4 Å². The first-order valence-electron chi connectivity index (χ1n) is 9.01. The van der Waals surface area contributed by atoms with Gasteiger partial charge >= 0.3 is 0 Å². The number of aromatic nitrogens is 3. The Morgan fingerprint density at radius 3 is 2.86 bits per heavy atom. The predicted octanol–water partition coefficient (Wildman–Crippen LogP) is 3.58. The van der Waals surface area contributed by atoms with Crippen molar-refractivity contribution in [1.29, 1.82) is 0 Å². The molecule has 0 saturated heterocycles. The molecule has 2 heterocycles. The monoisotopic (exact) mass is 393 g/mol. The van der Waals surface area contributed by atoms with E-state index in [2.05, 4.69) is 20.7 Å². The molecule has 28 heavy (non-hydrogen) atoms. The number of rotatable bonds is 5. The van der Waals surface area contributed by atoms with Crippen molar-refractivity contribution in [2.75, 3.05) is 5.32 Å². The summed E-state index contributed by atoms with van der Waals surface area (Å²) in [6.07, 6.45) is 0.867. The van der Waals surface area contributed by atoms with Gasteiger partial charge in [0, 0.05) is 17.3 Å². The SMILES string of the molecule is CC[C@H](C)NC(=O)c1cccc(Nc2nn3c(=O)c4ccccc4nc3s2)c1. The van der Waals surface area contributed by atoms with E-state index >= 15 is 0 Å². The first kappa shape index (κ1) is 18.1. The molecule has 4 aromatic rings. The Kier molecular flexibility index (Phi) is 4.79. The molecule has 2 aromatic carbocycles. The van der Waals surface area contributed by atoms with Gasteiger partial charge in [0.1, 0.15) is 0 Å². The van der Waals surface area contributed by atoms with Crippen molar-refractivity contribution in [3.8, 4) is 0 Å². The minimum Gasteiger partial charge on any atom is -0.350 e. The first-order chi connectivity index (χ1) is 13.5. The Hall–Kier alpha value is -3.26. The number of hydrogen-bond donors (Lipinski definition) is 2. The van der Waals surface area contributed by atoms with Gasteiger partial charge in [-0.1, -0.05) is 36.5 Å². The molecular formula is C20H19N5O2S. The normalized spacial score (nSPS) is 12.2. The van der Waals surface area contributed by atoms with E-state index in [1.807, 2.05) is 32.0 Å². The second-order valence-corrected chi connectivity index (χ2v) is 7.48. The van der Waals surface area contributed by atoms with Gasteiger partial charge in [0.2, 0.25) is 10.1 Å². The molecule has 0 aliphatic rings. The maximum absolute atomic E-state index is 12.6. The summed E-state index contributed by atoms with van der Waals surface area (Å²) in [5.74, 6) is -0.119. The number of para-hydroxylation sites is 1. The molecule has 4 rings (SSSR count). The van der Waals surface area contributed by atoms with Crippen molar-refractivity contribution in [2.24, 2.45) is 0 Å². The lowest BCUT2D eigenvalue weighted by Crippen LogP contribution is -2.31. The molecule has 142 valence electrons. The average molecular weight is 393 g/mol. The first-order valence-corrected chi connectivity index (χ1v) is 9.83. The molecule has 2 N–H and O–H groups in total. The topological polar surface area (TPSA) is 88.4 Å². The molecule has 0 radical (unpaired) electrons. The van der Waals surface area contributed by atoms with E-state index in [1.165, 1.54) is 15.9 Å². The Morgan fingerprint density at radius 1 is 1.21 bits per heavy atom. The van der Waals surface area contributed by atoms with Crippen LogP contribution in [-0.2, 0) is 0 Å². The van der Waals surface area contributed by atoms with Crippen LogP contribution >= 0.6 is 11.3 Å². The van der Waals surface area contributed by atoms with Crippen molar-refractivity contribution in [3.63, 3.8) is 0 Å². The number of nitrogens with zero attached hydrogens (tertiary/aromatic N) is 3. The zero-order valence-electron chi connectivity index (χ0n) is 15.5. The van der Waals surface area contributed by atoms with Crippen LogP contribution in [-0.4, -0.2) is 26.5 Å². The summed E-state index contributed by atoms with van der Waals surface area (Å²) in [6.45, 7) is 3.99. The van der Waals surface area contributed by atoms with E-state index < -0.39 is 0 Å². The van der Waals surface area contributed by atoms with Gasteiger partial charge in [-0.05, 0) is 43.7 Å². The van der Waals surface area contributed by atoms with E-state index in [1.54, 1.807) is 30.3 Å². The van der Waals surface area contributed by atoms with Crippen LogP contribution in [0.15, 0.2) is 53.3 Å². The van der Waals surface area contributed by atoms with Crippen LogP contribution in [0.4, 0.5) is 10.8 Å². The summed E-state index contributed by atoms with van der Waals surface area (Å²) >= 11 is 1.28. The van der Waals surface area contributed by atoms with Crippen LogP contribution in [0.5, 0.6) is 0 Å². The third-order valence-corrected chi connectivity index (χ3v) is 5.29. The summed E-state index contributed by atoms with van der Waals surface area (Å²) in [7, 11) is 0. The van der Waals surface area contributed by atoms with Crippen LogP contribution < -0.4 is 16.2 Å². The summed E-state index contributed by atoms with van der Waals surface area (Å²) in [6, 6.07) is 14.5. The quantitative estimate of drug-likeness (QED) is 0.541. The Morgan fingerprint density at radius 2 is 2.04 bits per heavy atom. The molecule has 1 atom stereocenters. The lowest BCUT2D eigenvalue weighted by Gasteiger charge is -2.12. The fraction of sp³-hybridized carbons (Fsp3) is 0.200. The van der Waals surface area contributed by atoms with Gasteiger partial charge in [0.25, 0.3) is 11.5 Å². The highest BCUT2D eigenvalue weighted by molar-refractivity contribution is 7.20. The van der Waals surface area contributed by atoms with Crippen LogP contribution in [0, 0.1) is 0 Å². The van der Waals surface area contributed by atoms with E-state index in [4.69, 9.17) is 0 Å². The van der Waals surface area contributed by atoms with Gasteiger partial charge in [0.05, 0.1) is 10.9 Å². The zero-order chi connectivity index (χ0) is 19.7. The summed E-state index contributed by atoms with van der Waals surface area (Å²) in [5.41, 5.74) is 1.72. The average Bonchev–Trinajstić information content (AvgIpc) is 3.10. The number of carbonyl (C=O) groups is 1. The number of fused-ring (bicyclic) bond motifs is 2. The third-order valence-electron chi connectivity index (χ3n) is 4.47. The minimum atomic E-state index is -0.202. The molecule has 0 bridgehead atoms. The van der Waals surface area contributed by atoms with E-state index in [0.717, 1.165) is 6.42 Å². The van der Waals surface area contributed by atoms with Crippen molar-refractivity contribution in [1.82, 2.24) is 19.9 Å². The number of benzene rings is 2. The number of amides is 1. The fourth-order valence-corrected chi connectivity index (χ4v) is 3.60. The number of anilines is 2. The molecule has 8 heteroatoms. The second-order valence-electron chi connectivity index (χ2n) is 6.52. The van der Waals surface area contributed by atoms with E-state index in [0.29, 0.717) is 32.2 Å². The predicted molar refractivity (Wildman–Crippen MR) is 112 cm³/mol. The van der Waals surface area contributed by atoms with Crippen molar-refractivity contribution < 1.29 is 4.79 Å². The largest absolute Gasteiger partial charge is 0.350 e. The Bertz CT molecular complexity index is 1230. The number of hydrogen-bond acceptors (Lipinski definition) is 6. The van der Waals surface area contributed by atoms with Gasteiger partial charge in [-0.15, -0.1) is 5.10 Å². The summed E-state index contributed by atoms with van der Waals surface area (Å²) < 4.78 is 1.30. The maximum atomic E-state index is 12.6. The van der Waals surface area contributed by atoms with Crippen molar-refractivity contribution >= 4 is 43.9 Å². The van der Waals surface area contributed by atoms with Crippen molar-refractivity contribution in [2.45, 2.75) is 26.3 Å². The molecule has 2 aromatic heterocycles. The van der Waals surface area contributed by atoms with Crippen LogP contribution in [0.3, 0.4) is 0 Å². The second kappa shape index (κ2) is 7.40. The van der Waals surface area contributed by atoms with Gasteiger partial charge in [0.15, 0.2) is 0 Å². The summed E-state index contributed by atoms with van der Waals surface area (Å²) in [4.78, 5) is 30.0. The van der Waals surface area contributed by atoms with Gasteiger partial charge in [-0.2, -0.15) is 4.52 Å². The van der Waals surface area contributed by atoms with Crippen LogP contribution in [0.25, 0.3) is 15.9 Å². The lowest BCUT2D eigenvalue weighted by atomic mass is 10.1. The number of carbonyl (C=O) groups excluding carboxylic acids is 1. The Balaban J connectivity index is 1.64. The number of nitrogens with one attached hydrogen (secondary N) is 2. The standard InChI is InChI=1S/C20H19N5O2S/c1-3-12(2)21-17(26)13-7-6-8-14(11-13)22-19-24-25-18(27)15-9-4-5-10-16(15)23-20(25)28-19/h4-12H,3H2,1-2H3,(H,21,26)(H,22,24)/t12-/m0/s1.